The van der Waals surface area contributed by atoms with Gasteiger partial charge in [-0.05, 0) is 23.8 Å². The third-order valence-corrected chi connectivity index (χ3v) is 5.91. The van der Waals surface area contributed by atoms with Crippen LogP contribution in [0, 0.1) is 17.8 Å². The maximum Gasteiger partial charge on any atom is 0.228 e. The molecule has 0 radical (unpaired) electrons. The lowest BCUT2D eigenvalue weighted by Gasteiger charge is -2.36. The summed E-state index contributed by atoms with van der Waals surface area (Å²) in [6.45, 7) is 7.33. The molecule has 4 rings (SSSR count). The van der Waals surface area contributed by atoms with Crippen LogP contribution in [0.1, 0.15) is 5.56 Å². The molecule has 3 aliphatic heterocycles. The molecule has 1 aromatic rings. The fraction of sp³-hybridized carbons (Fsp3) is 0.650. The van der Waals surface area contributed by atoms with E-state index in [9.17, 15) is 4.79 Å². The highest BCUT2D eigenvalue weighted by molar-refractivity contribution is 5.79. The summed E-state index contributed by atoms with van der Waals surface area (Å²) in [7, 11) is 0. The zero-order chi connectivity index (χ0) is 17.1. The largest absolute Gasteiger partial charge is 0.380 e. The molecule has 3 fully saturated rings. The van der Waals surface area contributed by atoms with Crippen LogP contribution < -0.4 is 0 Å². The van der Waals surface area contributed by atoms with Crippen LogP contribution in [0.4, 0.5) is 0 Å². The van der Waals surface area contributed by atoms with Gasteiger partial charge in [-0.2, -0.15) is 0 Å². The first-order chi connectivity index (χ1) is 12.3. The van der Waals surface area contributed by atoms with E-state index in [1.165, 1.54) is 5.56 Å². The Morgan fingerprint density at radius 2 is 1.84 bits per heavy atom. The van der Waals surface area contributed by atoms with Crippen LogP contribution in [0.5, 0.6) is 0 Å². The van der Waals surface area contributed by atoms with Gasteiger partial charge in [0.25, 0.3) is 0 Å². The van der Waals surface area contributed by atoms with Crippen molar-refractivity contribution in [2.75, 3.05) is 59.2 Å². The van der Waals surface area contributed by atoms with Gasteiger partial charge in [0.15, 0.2) is 0 Å². The lowest BCUT2D eigenvalue weighted by molar-refractivity contribution is -0.148. The van der Waals surface area contributed by atoms with E-state index in [4.69, 9.17) is 9.47 Å². The van der Waals surface area contributed by atoms with Gasteiger partial charge in [0.1, 0.15) is 0 Å². The minimum absolute atomic E-state index is 0.0265. The quantitative estimate of drug-likeness (QED) is 0.825. The summed E-state index contributed by atoms with van der Waals surface area (Å²) in [5.41, 5.74) is 1.38. The van der Waals surface area contributed by atoms with Crippen molar-refractivity contribution in [1.82, 2.24) is 9.80 Å². The van der Waals surface area contributed by atoms with Crippen LogP contribution in [-0.2, 0) is 20.7 Å². The monoisotopic (exact) mass is 344 g/mol. The van der Waals surface area contributed by atoms with Gasteiger partial charge in [-0.25, -0.2) is 0 Å². The molecule has 3 heterocycles. The zero-order valence-electron chi connectivity index (χ0n) is 14.8. The van der Waals surface area contributed by atoms with Gasteiger partial charge < -0.3 is 19.3 Å². The summed E-state index contributed by atoms with van der Waals surface area (Å²) < 4.78 is 11.2. The fourth-order valence-electron chi connectivity index (χ4n) is 4.48. The molecule has 1 aromatic carbocycles. The number of fused-ring (bicyclic) bond motifs is 1. The molecule has 3 atom stereocenters. The average Bonchev–Trinajstić information content (AvgIpc) is 3.10. The number of benzene rings is 1. The molecule has 0 spiro atoms. The average molecular weight is 344 g/mol. The smallest absolute Gasteiger partial charge is 0.228 e. The normalized spacial score (nSPS) is 30.2. The Morgan fingerprint density at radius 3 is 2.64 bits per heavy atom. The molecular formula is C20H28N2O3. The molecule has 25 heavy (non-hydrogen) atoms. The first-order valence-corrected chi connectivity index (χ1v) is 9.52. The van der Waals surface area contributed by atoms with E-state index >= 15 is 0 Å². The van der Waals surface area contributed by atoms with E-state index in [1.807, 2.05) is 4.90 Å². The summed E-state index contributed by atoms with van der Waals surface area (Å²) in [4.78, 5) is 17.5. The van der Waals surface area contributed by atoms with Crippen molar-refractivity contribution in [2.45, 2.75) is 6.42 Å². The van der Waals surface area contributed by atoms with Crippen LogP contribution in [0.15, 0.2) is 30.3 Å². The number of rotatable bonds is 4. The number of hydrogen-bond acceptors (Lipinski definition) is 4. The summed E-state index contributed by atoms with van der Waals surface area (Å²) in [6, 6.07) is 10.6. The van der Waals surface area contributed by atoms with Gasteiger partial charge in [0.05, 0.1) is 32.3 Å². The zero-order valence-corrected chi connectivity index (χ0v) is 14.8. The lowest BCUT2D eigenvalue weighted by Crippen LogP contribution is -2.49. The van der Waals surface area contributed by atoms with Crippen molar-refractivity contribution in [3.8, 4) is 0 Å². The van der Waals surface area contributed by atoms with Crippen molar-refractivity contribution < 1.29 is 14.3 Å². The second kappa shape index (κ2) is 7.85. The maximum absolute atomic E-state index is 13.0. The topological polar surface area (TPSA) is 42.0 Å². The maximum atomic E-state index is 13.0. The van der Waals surface area contributed by atoms with E-state index in [2.05, 4.69) is 35.2 Å². The third-order valence-electron chi connectivity index (χ3n) is 5.91. The highest BCUT2D eigenvalue weighted by atomic mass is 16.5. The van der Waals surface area contributed by atoms with Crippen LogP contribution in [0.2, 0.25) is 0 Å². The molecule has 1 amide bonds. The Labute approximate surface area is 149 Å². The molecule has 5 nitrogen and oxygen atoms in total. The van der Waals surface area contributed by atoms with E-state index in [0.29, 0.717) is 31.7 Å². The molecule has 5 heteroatoms. The molecule has 0 N–H and O–H groups in total. The number of carbonyl (C=O) groups is 1. The second-order valence-electron chi connectivity index (χ2n) is 7.50. The number of amides is 1. The Kier molecular flexibility index (Phi) is 5.34. The third kappa shape index (κ3) is 3.89. The summed E-state index contributed by atoms with van der Waals surface area (Å²) in [5, 5.41) is 0. The van der Waals surface area contributed by atoms with Gasteiger partial charge in [0.2, 0.25) is 5.91 Å². The van der Waals surface area contributed by atoms with Crippen molar-refractivity contribution in [1.29, 1.82) is 0 Å². The Morgan fingerprint density at radius 1 is 1.04 bits per heavy atom. The van der Waals surface area contributed by atoms with Crippen LogP contribution in [0.25, 0.3) is 0 Å². The van der Waals surface area contributed by atoms with Gasteiger partial charge in [-0.1, -0.05) is 30.3 Å². The number of nitrogens with zero attached hydrogens (tertiary/aromatic N) is 2. The lowest BCUT2D eigenvalue weighted by atomic mass is 9.82. The molecule has 0 saturated carbocycles. The van der Waals surface area contributed by atoms with Crippen molar-refractivity contribution in [3.05, 3.63) is 35.9 Å². The molecule has 0 bridgehead atoms. The Balaban J connectivity index is 1.35. The number of carbonyl (C=O) groups excluding carboxylic acids is 1. The van der Waals surface area contributed by atoms with Gasteiger partial charge in [-0.3, -0.25) is 4.79 Å². The minimum Gasteiger partial charge on any atom is -0.380 e. The van der Waals surface area contributed by atoms with E-state index in [-0.39, 0.29) is 11.8 Å². The first-order valence-electron chi connectivity index (χ1n) is 9.52. The van der Waals surface area contributed by atoms with Gasteiger partial charge >= 0.3 is 0 Å². The fourth-order valence-corrected chi connectivity index (χ4v) is 4.48. The molecule has 3 aliphatic rings. The molecule has 3 saturated heterocycles. The predicted molar refractivity (Wildman–Crippen MR) is 95.3 cm³/mol. The summed E-state index contributed by atoms with van der Waals surface area (Å²) >= 11 is 0. The summed E-state index contributed by atoms with van der Waals surface area (Å²) in [5.74, 6) is 1.25. The van der Waals surface area contributed by atoms with Crippen molar-refractivity contribution in [3.63, 3.8) is 0 Å². The van der Waals surface area contributed by atoms with Crippen LogP contribution in [0.3, 0.4) is 0 Å². The predicted octanol–water partition coefficient (Wildman–Crippen LogP) is 1.28. The molecule has 0 aromatic heterocycles. The number of hydrogen-bond donors (Lipinski definition) is 0. The highest BCUT2D eigenvalue weighted by Crippen LogP contribution is 2.35. The van der Waals surface area contributed by atoms with Crippen molar-refractivity contribution >= 4 is 5.91 Å². The van der Waals surface area contributed by atoms with Crippen LogP contribution >= 0.6 is 0 Å². The Hall–Kier alpha value is -1.43. The SMILES string of the molecule is O=C([C@H]1COC[C@H]2CN(CCc3ccccc3)C[C@H]21)N1CCOCC1. The van der Waals surface area contributed by atoms with E-state index < -0.39 is 0 Å². The molecule has 0 unspecified atom stereocenters. The van der Waals surface area contributed by atoms with E-state index in [0.717, 1.165) is 45.8 Å². The van der Waals surface area contributed by atoms with Crippen molar-refractivity contribution in [2.24, 2.45) is 17.8 Å². The number of morpholine rings is 1. The first kappa shape index (κ1) is 17.0. The standard InChI is InChI=1S/C20H28N2O3/c23-20(22-8-10-24-11-9-22)19-15-25-14-17-12-21(13-18(17)19)7-6-16-4-2-1-3-5-16/h1-5,17-19H,6-15H2/t17-,18-,19+/m1/s1. The van der Waals surface area contributed by atoms with Crippen LogP contribution in [-0.4, -0.2) is 74.9 Å². The number of ether oxygens (including phenoxy) is 2. The number of likely N-dealkylation sites (tertiary alicyclic amines) is 1. The second-order valence-corrected chi connectivity index (χ2v) is 7.50. The molecule has 0 aliphatic carbocycles. The van der Waals surface area contributed by atoms with E-state index in [1.54, 1.807) is 0 Å². The highest BCUT2D eigenvalue weighted by Gasteiger charge is 2.44. The van der Waals surface area contributed by atoms with Gasteiger partial charge in [0, 0.05) is 32.7 Å². The van der Waals surface area contributed by atoms with Gasteiger partial charge in [-0.15, -0.1) is 0 Å². The Bertz CT molecular complexity index is 574. The minimum atomic E-state index is 0.0265. The summed E-state index contributed by atoms with van der Waals surface area (Å²) in [6.07, 6.45) is 1.07. The molecule has 136 valence electrons. The molecular weight excluding hydrogens is 316 g/mol.